The fraction of sp³-hybridized carbons (Fsp3) is 0.353. The molecule has 24 heavy (non-hydrogen) atoms. The van der Waals surface area contributed by atoms with Crippen molar-refractivity contribution in [3.63, 3.8) is 0 Å². The van der Waals surface area contributed by atoms with Gasteiger partial charge in [-0.3, -0.25) is 9.48 Å². The summed E-state index contributed by atoms with van der Waals surface area (Å²) in [4.78, 5) is 25.4. The Morgan fingerprint density at radius 2 is 2.21 bits per heavy atom. The molecule has 0 saturated carbocycles. The minimum atomic E-state index is -1.06. The molecule has 1 aromatic carbocycles. The zero-order valence-corrected chi connectivity index (χ0v) is 14.0. The second-order valence-electron chi connectivity index (χ2n) is 6.00. The lowest BCUT2D eigenvalue weighted by Gasteiger charge is -2.26. The van der Waals surface area contributed by atoms with Crippen molar-refractivity contribution in [2.75, 3.05) is 6.54 Å². The Balaban J connectivity index is 1.78. The summed E-state index contributed by atoms with van der Waals surface area (Å²) in [7, 11) is 0. The molecular formula is C17H18ClN3O3. The van der Waals surface area contributed by atoms with Crippen molar-refractivity contribution in [3.8, 4) is 0 Å². The molecule has 7 heteroatoms. The molecule has 1 amide bonds. The van der Waals surface area contributed by atoms with Gasteiger partial charge in [-0.1, -0.05) is 29.3 Å². The number of aromatic carboxylic acids is 1. The number of carbonyl (C=O) groups excluding carboxylic acids is 1. The number of carboxylic acid groups (broad SMARTS) is 1. The summed E-state index contributed by atoms with van der Waals surface area (Å²) in [5.41, 5.74) is 2.14. The van der Waals surface area contributed by atoms with Gasteiger partial charge in [-0.15, -0.1) is 0 Å². The molecule has 1 aliphatic rings. The average Bonchev–Trinajstić information content (AvgIpc) is 3.18. The first-order valence-corrected chi connectivity index (χ1v) is 8.15. The van der Waals surface area contributed by atoms with E-state index in [0.717, 1.165) is 24.0 Å². The van der Waals surface area contributed by atoms with E-state index < -0.39 is 5.97 Å². The van der Waals surface area contributed by atoms with Crippen LogP contribution >= 0.6 is 11.6 Å². The Morgan fingerprint density at radius 3 is 2.92 bits per heavy atom. The average molecular weight is 348 g/mol. The van der Waals surface area contributed by atoms with E-state index in [9.17, 15) is 9.59 Å². The van der Waals surface area contributed by atoms with Gasteiger partial charge in [0.2, 0.25) is 5.91 Å². The smallest absolute Gasteiger partial charge is 0.338 e. The number of benzene rings is 1. The summed E-state index contributed by atoms with van der Waals surface area (Å²) in [6.45, 7) is 2.69. The molecule has 1 unspecified atom stereocenters. The topological polar surface area (TPSA) is 75.4 Å². The number of rotatable bonds is 4. The van der Waals surface area contributed by atoms with Crippen LogP contribution < -0.4 is 0 Å². The molecule has 0 bridgehead atoms. The van der Waals surface area contributed by atoms with Gasteiger partial charge in [-0.05, 0) is 31.4 Å². The van der Waals surface area contributed by atoms with Crippen molar-refractivity contribution in [3.05, 3.63) is 52.3 Å². The quantitative estimate of drug-likeness (QED) is 0.922. The van der Waals surface area contributed by atoms with Crippen LogP contribution in [-0.2, 0) is 11.3 Å². The molecule has 1 saturated heterocycles. The minimum absolute atomic E-state index is 0.0210. The Hall–Kier alpha value is -2.34. The van der Waals surface area contributed by atoms with E-state index >= 15 is 0 Å². The van der Waals surface area contributed by atoms with Gasteiger partial charge in [-0.25, -0.2) is 4.79 Å². The summed E-state index contributed by atoms with van der Waals surface area (Å²) < 4.78 is 1.36. The molecular weight excluding hydrogens is 330 g/mol. The number of halogens is 1. The highest BCUT2D eigenvalue weighted by Gasteiger charge is 2.31. The highest BCUT2D eigenvalue weighted by Crippen LogP contribution is 2.36. The molecule has 1 N–H and O–H groups in total. The first-order valence-electron chi connectivity index (χ1n) is 7.77. The first-order chi connectivity index (χ1) is 11.5. The maximum Gasteiger partial charge on any atom is 0.338 e. The van der Waals surface area contributed by atoms with Crippen LogP contribution in [0.3, 0.4) is 0 Å². The summed E-state index contributed by atoms with van der Waals surface area (Å²) in [6.07, 6.45) is 4.40. The number of nitrogens with zero attached hydrogens (tertiary/aromatic N) is 3. The van der Waals surface area contributed by atoms with Gasteiger partial charge >= 0.3 is 5.97 Å². The van der Waals surface area contributed by atoms with Gasteiger partial charge < -0.3 is 10.0 Å². The second kappa shape index (κ2) is 6.65. The van der Waals surface area contributed by atoms with Crippen molar-refractivity contribution in [1.82, 2.24) is 14.7 Å². The van der Waals surface area contributed by atoms with Crippen LogP contribution in [-0.4, -0.2) is 38.2 Å². The lowest BCUT2D eigenvalue weighted by atomic mass is 10.0. The number of carboxylic acids is 1. The van der Waals surface area contributed by atoms with Crippen molar-refractivity contribution < 1.29 is 14.7 Å². The molecule has 0 radical (unpaired) electrons. The van der Waals surface area contributed by atoms with E-state index in [-0.39, 0.29) is 24.1 Å². The van der Waals surface area contributed by atoms with Gasteiger partial charge in [0, 0.05) is 17.8 Å². The Bertz CT molecular complexity index is 787. The number of hydrogen-bond acceptors (Lipinski definition) is 3. The van der Waals surface area contributed by atoms with E-state index in [4.69, 9.17) is 16.7 Å². The standard InChI is InChI=1S/C17H18ClN3O3/c1-11-4-5-14(18)13(7-11)15-3-2-6-21(15)16(22)10-20-9-12(8-19-20)17(23)24/h4-5,7-9,15H,2-3,6,10H2,1H3,(H,23,24). The van der Waals surface area contributed by atoms with Crippen LogP contribution in [0.2, 0.25) is 5.02 Å². The lowest BCUT2D eigenvalue weighted by Crippen LogP contribution is -2.33. The molecule has 1 atom stereocenters. The van der Waals surface area contributed by atoms with Crippen LogP contribution in [0.5, 0.6) is 0 Å². The highest BCUT2D eigenvalue weighted by atomic mass is 35.5. The lowest BCUT2D eigenvalue weighted by molar-refractivity contribution is -0.133. The van der Waals surface area contributed by atoms with Crippen molar-refractivity contribution in [2.45, 2.75) is 32.4 Å². The van der Waals surface area contributed by atoms with E-state index in [1.54, 1.807) is 0 Å². The van der Waals surface area contributed by atoms with Gasteiger partial charge in [0.1, 0.15) is 6.54 Å². The molecule has 126 valence electrons. The third kappa shape index (κ3) is 3.28. The summed E-state index contributed by atoms with van der Waals surface area (Å²) >= 11 is 6.32. The molecule has 3 rings (SSSR count). The van der Waals surface area contributed by atoms with E-state index in [1.807, 2.05) is 30.0 Å². The van der Waals surface area contributed by atoms with Crippen LogP contribution in [0.1, 0.15) is 40.4 Å². The zero-order chi connectivity index (χ0) is 17.3. The van der Waals surface area contributed by atoms with Crippen LogP contribution in [0, 0.1) is 6.92 Å². The van der Waals surface area contributed by atoms with Crippen molar-refractivity contribution >= 4 is 23.5 Å². The monoisotopic (exact) mass is 347 g/mol. The van der Waals surface area contributed by atoms with E-state index in [0.29, 0.717) is 11.6 Å². The Morgan fingerprint density at radius 1 is 1.42 bits per heavy atom. The van der Waals surface area contributed by atoms with Gasteiger partial charge in [0.25, 0.3) is 0 Å². The fourth-order valence-corrected chi connectivity index (χ4v) is 3.34. The largest absolute Gasteiger partial charge is 0.478 e. The molecule has 2 heterocycles. The zero-order valence-electron chi connectivity index (χ0n) is 13.3. The SMILES string of the molecule is Cc1ccc(Cl)c(C2CCCN2C(=O)Cn2cc(C(=O)O)cn2)c1. The minimum Gasteiger partial charge on any atom is -0.478 e. The molecule has 2 aromatic rings. The van der Waals surface area contributed by atoms with Gasteiger partial charge in [0.15, 0.2) is 0 Å². The summed E-state index contributed by atoms with van der Waals surface area (Å²) in [6, 6.07) is 5.79. The van der Waals surface area contributed by atoms with Crippen LogP contribution in [0.15, 0.2) is 30.6 Å². The number of hydrogen-bond donors (Lipinski definition) is 1. The first kappa shape index (κ1) is 16.5. The van der Waals surface area contributed by atoms with Crippen LogP contribution in [0.4, 0.5) is 0 Å². The molecule has 0 aliphatic carbocycles. The van der Waals surface area contributed by atoms with Gasteiger partial charge in [-0.2, -0.15) is 5.10 Å². The highest BCUT2D eigenvalue weighted by molar-refractivity contribution is 6.31. The maximum atomic E-state index is 12.6. The number of likely N-dealkylation sites (tertiary alicyclic amines) is 1. The van der Waals surface area contributed by atoms with E-state index in [2.05, 4.69) is 5.10 Å². The summed E-state index contributed by atoms with van der Waals surface area (Å²) in [5, 5.41) is 13.5. The summed E-state index contributed by atoms with van der Waals surface area (Å²) in [5.74, 6) is -1.14. The predicted octanol–water partition coefficient (Wildman–Crippen LogP) is 2.91. The third-order valence-electron chi connectivity index (χ3n) is 4.26. The number of amides is 1. The maximum absolute atomic E-state index is 12.6. The van der Waals surface area contributed by atoms with E-state index in [1.165, 1.54) is 17.1 Å². The molecule has 0 spiro atoms. The third-order valence-corrected chi connectivity index (χ3v) is 4.61. The van der Waals surface area contributed by atoms with Crippen molar-refractivity contribution in [1.29, 1.82) is 0 Å². The normalized spacial score (nSPS) is 17.2. The fourth-order valence-electron chi connectivity index (χ4n) is 3.10. The van der Waals surface area contributed by atoms with Crippen LogP contribution in [0.25, 0.3) is 0 Å². The molecule has 1 aliphatic heterocycles. The number of aromatic nitrogens is 2. The number of carbonyl (C=O) groups is 2. The second-order valence-corrected chi connectivity index (χ2v) is 6.41. The molecule has 1 fully saturated rings. The predicted molar refractivity (Wildman–Crippen MR) is 89.1 cm³/mol. The Labute approximate surface area is 144 Å². The van der Waals surface area contributed by atoms with Gasteiger partial charge in [0.05, 0.1) is 17.8 Å². The molecule has 6 nitrogen and oxygen atoms in total. The number of aryl methyl sites for hydroxylation is 1. The Kier molecular flexibility index (Phi) is 4.57. The van der Waals surface area contributed by atoms with Crippen molar-refractivity contribution in [2.24, 2.45) is 0 Å². The molecule has 1 aromatic heterocycles.